The molecule has 0 saturated carbocycles. The van der Waals surface area contributed by atoms with Gasteiger partial charge in [0, 0.05) is 23.0 Å². The van der Waals surface area contributed by atoms with Crippen molar-refractivity contribution in [3.63, 3.8) is 0 Å². The lowest BCUT2D eigenvalue weighted by molar-refractivity contribution is 0.397. The molecule has 5 nitrogen and oxygen atoms in total. The van der Waals surface area contributed by atoms with Crippen LogP contribution in [0.25, 0.3) is 11.3 Å². The first-order valence-electron chi connectivity index (χ1n) is 10.1. The fraction of sp³-hybridized carbons (Fsp3) is 0.591. The predicted molar refractivity (Wildman–Crippen MR) is 113 cm³/mol. The smallest absolute Gasteiger partial charge is 0.257 e. The monoisotopic (exact) mass is 370 g/mol. The third-order valence-electron chi connectivity index (χ3n) is 4.88. The molecule has 1 unspecified atom stereocenters. The third kappa shape index (κ3) is 4.96. The molecule has 5 heteroatoms. The molecule has 0 aromatic carbocycles. The van der Waals surface area contributed by atoms with E-state index in [0.29, 0.717) is 17.8 Å². The maximum Gasteiger partial charge on any atom is 0.257 e. The van der Waals surface area contributed by atoms with E-state index in [2.05, 4.69) is 52.1 Å². The summed E-state index contributed by atoms with van der Waals surface area (Å²) < 4.78 is 5.56. The van der Waals surface area contributed by atoms with Crippen molar-refractivity contribution in [2.75, 3.05) is 12.4 Å². The number of ether oxygens (including phenoxy) is 1. The van der Waals surface area contributed by atoms with Crippen molar-refractivity contribution in [2.24, 2.45) is 0 Å². The van der Waals surface area contributed by atoms with Crippen molar-refractivity contribution in [1.82, 2.24) is 15.0 Å². The van der Waals surface area contributed by atoms with Gasteiger partial charge in [-0.2, -0.15) is 0 Å². The summed E-state index contributed by atoms with van der Waals surface area (Å²) in [5, 5.41) is 3.51. The van der Waals surface area contributed by atoms with Crippen molar-refractivity contribution in [2.45, 2.75) is 79.2 Å². The highest BCUT2D eigenvalue weighted by atomic mass is 16.5. The van der Waals surface area contributed by atoms with Crippen LogP contribution in [0.4, 0.5) is 5.82 Å². The minimum Gasteiger partial charge on any atom is -0.478 e. The molecule has 0 aliphatic heterocycles. The summed E-state index contributed by atoms with van der Waals surface area (Å²) in [6, 6.07) is 4.59. The van der Waals surface area contributed by atoms with Crippen molar-refractivity contribution in [1.29, 1.82) is 0 Å². The number of aryl methyl sites for hydroxylation is 2. The number of methoxy groups -OCH3 is 1. The number of nitrogens with one attached hydrogen (secondary N) is 1. The van der Waals surface area contributed by atoms with Crippen LogP contribution in [0.5, 0.6) is 5.88 Å². The summed E-state index contributed by atoms with van der Waals surface area (Å²) in [5.41, 5.74) is 4.94. The van der Waals surface area contributed by atoms with Crippen LogP contribution in [0.15, 0.2) is 12.1 Å². The van der Waals surface area contributed by atoms with E-state index in [1.54, 1.807) is 7.11 Å². The average molecular weight is 371 g/mol. The van der Waals surface area contributed by atoms with Crippen LogP contribution in [0.3, 0.4) is 0 Å². The van der Waals surface area contributed by atoms with Gasteiger partial charge in [-0.05, 0) is 44.2 Å². The first-order chi connectivity index (χ1) is 12.9. The quantitative estimate of drug-likeness (QED) is 0.628. The zero-order valence-electron chi connectivity index (χ0n) is 17.9. The number of hydrogen-bond acceptors (Lipinski definition) is 5. The Kier molecular flexibility index (Phi) is 7.57. The molecule has 0 fully saturated rings. The Labute approximate surface area is 164 Å². The molecule has 1 N–H and O–H groups in total. The Morgan fingerprint density at radius 1 is 1.07 bits per heavy atom. The lowest BCUT2D eigenvalue weighted by atomic mass is 10.0. The van der Waals surface area contributed by atoms with E-state index in [4.69, 9.17) is 19.7 Å². The van der Waals surface area contributed by atoms with Crippen molar-refractivity contribution in [3.8, 4) is 17.1 Å². The van der Waals surface area contributed by atoms with Crippen molar-refractivity contribution in [3.05, 3.63) is 29.2 Å². The lowest BCUT2D eigenvalue weighted by Crippen LogP contribution is -2.20. The molecule has 0 aliphatic rings. The minimum atomic E-state index is 0.377. The number of nitrogens with zero attached hydrogens (tertiary/aromatic N) is 3. The summed E-state index contributed by atoms with van der Waals surface area (Å²) in [5.74, 6) is 1.67. The molecule has 27 heavy (non-hydrogen) atoms. The zero-order chi connectivity index (χ0) is 20.0. The van der Waals surface area contributed by atoms with Crippen LogP contribution < -0.4 is 10.1 Å². The largest absolute Gasteiger partial charge is 0.478 e. The topological polar surface area (TPSA) is 59.9 Å². The number of pyridine rings is 1. The summed E-state index contributed by atoms with van der Waals surface area (Å²) in [7, 11) is 1.65. The molecular weight excluding hydrogens is 336 g/mol. The van der Waals surface area contributed by atoms with Crippen molar-refractivity contribution >= 4 is 5.82 Å². The summed E-state index contributed by atoms with van der Waals surface area (Å²) >= 11 is 0. The fourth-order valence-electron chi connectivity index (χ4n) is 3.24. The molecule has 1 atom stereocenters. The first-order valence-corrected chi connectivity index (χ1v) is 10.1. The molecule has 0 radical (unpaired) electrons. The van der Waals surface area contributed by atoms with E-state index in [0.717, 1.165) is 59.8 Å². The van der Waals surface area contributed by atoms with Crippen LogP contribution in [-0.4, -0.2) is 28.1 Å². The highest BCUT2D eigenvalue weighted by molar-refractivity contribution is 5.67. The predicted octanol–water partition coefficient (Wildman–Crippen LogP) is 5.53. The Morgan fingerprint density at radius 2 is 1.81 bits per heavy atom. The summed E-state index contributed by atoms with van der Waals surface area (Å²) in [6.07, 6.45) is 4.13. The lowest BCUT2D eigenvalue weighted by Gasteiger charge is -2.20. The van der Waals surface area contributed by atoms with Gasteiger partial charge in [0.15, 0.2) is 5.82 Å². The molecule has 0 aliphatic carbocycles. The van der Waals surface area contributed by atoms with Crippen molar-refractivity contribution < 1.29 is 4.74 Å². The normalized spacial score (nSPS) is 12.3. The Balaban J connectivity index is 2.47. The van der Waals surface area contributed by atoms with E-state index in [9.17, 15) is 0 Å². The number of rotatable bonds is 9. The Morgan fingerprint density at radius 3 is 2.37 bits per heavy atom. The maximum atomic E-state index is 5.56. The van der Waals surface area contributed by atoms with E-state index in [1.807, 2.05) is 6.92 Å². The third-order valence-corrected chi connectivity index (χ3v) is 4.88. The van der Waals surface area contributed by atoms with Crippen LogP contribution >= 0.6 is 0 Å². The first kappa shape index (κ1) is 21.1. The van der Waals surface area contributed by atoms with Crippen LogP contribution in [-0.2, 0) is 6.42 Å². The molecule has 0 saturated heterocycles. The van der Waals surface area contributed by atoms with E-state index < -0.39 is 0 Å². The molecule has 0 bridgehead atoms. The second-order valence-corrected chi connectivity index (χ2v) is 7.29. The highest BCUT2D eigenvalue weighted by Crippen LogP contribution is 2.31. The van der Waals surface area contributed by atoms with Gasteiger partial charge in [0.2, 0.25) is 0 Å². The average Bonchev–Trinajstić information content (AvgIpc) is 2.67. The second-order valence-electron chi connectivity index (χ2n) is 7.29. The van der Waals surface area contributed by atoms with Crippen LogP contribution in [0, 0.1) is 6.92 Å². The van der Waals surface area contributed by atoms with E-state index >= 15 is 0 Å². The van der Waals surface area contributed by atoms with Gasteiger partial charge in [0.05, 0.1) is 18.5 Å². The maximum absolute atomic E-state index is 5.56. The highest BCUT2D eigenvalue weighted by Gasteiger charge is 2.18. The summed E-state index contributed by atoms with van der Waals surface area (Å²) in [6.45, 7) is 12.8. The molecular formula is C22H34N4O. The number of anilines is 1. The SMILES string of the molecule is CCCC(CC)Nc1nc(C)c(-c2ccc(C(C)C)nc2CC)nc1OC. The van der Waals surface area contributed by atoms with Gasteiger partial charge in [-0.15, -0.1) is 0 Å². The molecule has 2 aromatic heterocycles. The van der Waals surface area contributed by atoms with Crippen LogP contribution in [0.2, 0.25) is 0 Å². The molecule has 148 valence electrons. The molecule has 2 aromatic rings. The standard InChI is InChI=1S/C22H34N4O/c1-8-11-16(9-2)24-21-22(27-7)26-20(15(6)23-21)17-12-13-19(14(4)5)25-18(17)10-3/h12-14,16H,8-11H2,1-7H3,(H,23,24). The number of hydrogen-bond donors (Lipinski definition) is 1. The Bertz CT molecular complexity index is 758. The Hall–Kier alpha value is -2.17. The van der Waals surface area contributed by atoms with Crippen LogP contribution in [0.1, 0.15) is 76.9 Å². The van der Waals surface area contributed by atoms with E-state index in [-0.39, 0.29) is 0 Å². The molecule has 0 spiro atoms. The zero-order valence-corrected chi connectivity index (χ0v) is 17.9. The summed E-state index contributed by atoms with van der Waals surface area (Å²) in [4.78, 5) is 14.4. The fourth-order valence-corrected chi connectivity index (χ4v) is 3.24. The van der Waals surface area contributed by atoms with E-state index in [1.165, 1.54) is 0 Å². The van der Waals surface area contributed by atoms with Gasteiger partial charge >= 0.3 is 0 Å². The molecule has 2 heterocycles. The van der Waals surface area contributed by atoms with Gasteiger partial charge in [-0.1, -0.05) is 41.0 Å². The molecule has 2 rings (SSSR count). The van der Waals surface area contributed by atoms with Gasteiger partial charge in [-0.3, -0.25) is 4.98 Å². The van der Waals surface area contributed by atoms with Gasteiger partial charge in [0.1, 0.15) is 0 Å². The second kappa shape index (κ2) is 9.67. The number of aromatic nitrogens is 3. The van der Waals surface area contributed by atoms with Gasteiger partial charge in [0.25, 0.3) is 5.88 Å². The minimum absolute atomic E-state index is 0.377. The van der Waals surface area contributed by atoms with Gasteiger partial charge < -0.3 is 10.1 Å². The molecule has 0 amide bonds. The van der Waals surface area contributed by atoms with Gasteiger partial charge in [-0.25, -0.2) is 9.97 Å².